The Labute approximate surface area is 169 Å². The van der Waals surface area contributed by atoms with Gasteiger partial charge in [0.1, 0.15) is 0 Å². The van der Waals surface area contributed by atoms with Crippen molar-refractivity contribution in [3.63, 3.8) is 0 Å². The molecule has 0 radical (unpaired) electrons. The van der Waals surface area contributed by atoms with Gasteiger partial charge in [-0.3, -0.25) is 9.80 Å². The summed E-state index contributed by atoms with van der Waals surface area (Å²) < 4.78 is 16.7. The SMILES string of the molecule is Cc1ccc(-c2nnc(CN3CCN(Cc4ccc5c(c4)OCO5)CC3)o2)cc1. The second-order valence-electron chi connectivity index (χ2n) is 7.61. The summed E-state index contributed by atoms with van der Waals surface area (Å²) in [5, 5.41) is 8.44. The zero-order valence-electron chi connectivity index (χ0n) is 16.5. The molecule has 150 valence electrons. The number of rotatable bonds is 5. The van der Waals surface area contributed by atoms with E-state index in [1.54, 1.807) is 0 Å². The molecular weight excluding hydrogens is 368 g/mol. The summed E-state index contributed by atoms with van der Waals surface area (Å²) in [7, 11) is 0. The van der Waals surface area contributed by atoms with Gasteiger partial charge in [0.05, 0.1) is 6.54 Å². The lowest BCUT2D eigenvalue weighted by Crippen LogP contribution is -2.45. The van der Waals surface area contributed by atoms with E-state index in [1.165, 1.54) is 11.1 Å². The summed E-state index contributed by atoms with van der Waals surface area (Å²) in [5.74, 6) is 2.94. The Kier molecular flexibility index (Phi) is 4.91. The highest BCUT2D eigenvalue weighted by Crippen LogP contribution is 2.32. The van der Waals surface area contributed by atoms with E-state index >= 15 is 0 Å². The first-order chi connectivity index (χ1) is 14.2. The molecule has 0 unspecified atom stereocenters. The van der Waals surface area contributed by atoms with Crippen LogP contribution in [0.25, 0.3) is 11.5 Å². The quantitative estimate of drug-likeness (QED) is 0.661. The molecule has 0 atom stereocenters. The molecule has 1 saturated heterocycles. The predicted octanol–water partition coefficient (Wildman–Crippen LogP) is 3.09. The van der Waals surface area contributed by atoms with E-state index in [4.69, 9.17) is 13.9 Å². The van der Waals surface area contributed by atoms with Crippen molar-refractivity contribution >= 4 is 0 Å². The van der Waals surface area contributed by atoms with Crippen molar-refractivity contribution in [1.29, 1.82) is 0 Å². The number of benzene rings is 2. The number of fused-ring (bicyclic) bond motifs is 1. The Morgan fingerprint density at radius 1 is 0.828 bits per heavy atom. The van der Waals surface area contributed by atoms with Crippen LogP contribution in [-0.4, -0.2) is 53.0 Å². The van der Waals surface area contributed by atoms with Crippen LogP contribution in [0.3, 0.4) is 0 Å². The summed E-state index contributed by atoms with van der Waals surface area (Å²) in [6, 6.07) is 14.3. The molecule has 29 heavy (non-hydrogen) atoms. The summed E-state index contributed by atoms with van der Waals surface area (Å²) in [6.07, 6.45) is 0. The van der Waals surface area contributed by atoms with Crippen LogP contribution in [0.4, 0.5) is 0 Å². The summed E-state index contributed by atoms with van der Waals surface area (Å²) >= 11 is 0. The summed E-state index contributed by atoms with van der Waals surface area (Å²) in [5.41, 5.74) is 3.43. The topological polar surface area (TPSA) is 63.9 Å². The average Bonchev–Trinajstić information content (AvgIpc) is 3.39. The molecular formula is C22H24N4O3. The maximum atomic E-state index is 5.87. The molecule has 2 aliphatic rings. The van der Waals surface area contributed by atoms with Crippen molar-refractivity contribution in [3.05, 3.63) is 59.5 Å². The zero-order chi connectivity index (χ0) is 19.6. The lowest BCUT2D eigenvalue weighted by atomic mass is 10.1. The standard InChI is InChI=1S/C22H24N4O3/c1-16-2-5-18(6-3-16)22-24-23-21(29-22)14-26-10-8-25(9-11-26)13-17-4-7-19-20(12-17)28-15-27-19/h2-7,12H,8-11,13-15H2,1H3. The predicted molar refractivity (Wildman–Crippen MR) is 108 cm³/mol. The highest BCUT2D eigenvalue weighted by atomic mass is 16.7. The van der Waals surface area contributed by atoms with E-state index in [0.717, 1.165) is 49.8 Å². The van der Waals surface area contributed by atoms with Crippen LogP contribution < -0.4 is 9.47 Å². The number of nitrogens with zero attached hydrogens (tertiary/aromatic N) is 4. The molecule has 3 heterocycles. The van der Waals surface area contributed by atoms with Crippen LogP contribution in [-0.2, 0) is 13.1 Å². The first-order valence-electron chi connectivity index (χ1n) is 9.95. The Hall–Kier alpha value is -2.90. The first-order valence-corrected chi connectivity index (χ1v) is 9.95. The Morgan fingerprint density at radius 3 is 2.34 bits per heavy atom. The van der Waals surface area contributed by atoms with Gasteiger partial charge in [-0.1, -0.05) is 23.8 Å². The fourth-order valence-corrected chi connectivity index (χ4v) is 3.72. The van der Waals surface area contributed by atoms with Gasteiger partial charge in [0.2, 0.25) is 18.6 Å². The number of aryl methyl sites for hydroxylation is 1. The monoisotopic (exact) mass is 392 g/mol. The van der Waals surface area contributed by atoms with Crippen LogP contribution in [0.2, 0.25) is 0 Å². The third-order valence-electron chi connectivity index (χ3n) is 5.43. The minimum atomic E-state index is 0.318. The number of hydrogen-bond acceptors (Lipinski definition) is 7. The molecule has 2 aromatic carbocycles. The highest BCUT2D eigenvalue weighted by molar-refractivity contribution is 5.52. The normalized spacial score (nSPS) is 17.0. The zero-order valence-corrected chi connectivity index (χ0v) is 16.5. The second-order valence-corrected chi connectivity index (χ2v) is 7.61. The van der Waals surface area contributed by atoms with Crippen LogP contribution >= 0.6 is 0 Å². The largest absolute Gasteiger partial charge is 0.454 e. The molecule has 0 saturated carbocycles. The lowest BCUT2D eigenvalue weighted by molar-refractivity contribution is 0.114. The van der Waals surface area contributed by atoms with Gasteiger partial charge >= 0.3 is 0 Å². The van der Waals surface area contributed by atoms with Crippen LogP contribution in [0, 0.1) is 6.92 Å². The van der Waals surface area contributed by atoms with Crippen LogP contribution in [0.15, 0.2) is 46.9 Å². The van der Waals surface area contributed by atoms with Crippen LogP contribution in [0.1, 0.15) is 17.0 Å². The van der Waals surface area contributed by atoms with Crippen molar-refractivity contribution in [2.24, 2.45) is 0 Å². The molecule has 0 amide bonds. The Bertz CT molecular complexity index is 978. The highest BCUT2D eigenvalue weighted by Gasteiger charge is 2.20. The summed E-state index contributed by atoms with van der Waals surface area (Å²) in [4.78, 5) is 4.82. The maximum Gasteiger partial charge on any atom is 0.247 e. The van der Waals surface area contributed by atoms with E-state index in [-0.39, 0.29) is 0 Å². The number of piperazine rings is 1. The van der Waals surface area contributed by atoms with E-state index in [1.807, 2.05) is 18.2 Å². The molecule has 1 fully saturated rings. The van der Waals surface area contributed by atoms with Gasteiger partial charge in [0, 0.05) is 38.3 Å². The van der Waals surface area contributed by atoms with Gasteiger partial charge in [-0.2, -0.15) is 0 Å². The van der Waals surface area contributed by atoms with Crippen molar-refractivity contribution < 1.29 is 13.9 Å². The molecule has 7 nitrogen and oxygen atoms in total. The molecule has 0 bridgehead atoms. The molecule has 2 aliphatic heterocycles. The molecule has 5 rings (SSSR count). The first kappa shape index (κ1) is 18.1. The van der Waals surface area contributed by atoms with E-state index in [0.29, 0.717) is 25.1 Å². The lowest BCUT2D eigenvalue weighted by Gasteiger charge is -2.33. The van der Waals surface area contributed by atoms with Gasteiger partial charge < -0.3 is 13.9 Å². The minimum absolute atomic E-state index is 0.318. The number of aromatic nitrogens is 2. The average molecular weight is 392 g/mol. The van der Waals surface area contributed by atoms with Crippen molar-refractivity contribution in [2.45, 2.75) is 20.0 Å². The summed E-state index contributed by atoms with van der Waals surface area (Å²) in [6.45, 7) is 7.97. The van der Waals surface area contributed by atoms with Crippen molar-refractivity contribution in [3.8, 4) is 23.0 Å². The third-order valence-corrected chi connectivity index (χ3v) is 5.43. The molecule has 1 aromatic heterocycles. The van der Waals surface area contributed by atoms with Gasteiger partial charge in [0.25, 0.3) is 0 Å². The fraction of sp³-hybridized carbons (Fsp3) is 0.364. The van der Waals surface area contributed by atoms with Crippen molar-refractivity contribution in [2.75, 3.05) is 33.0 Å². The second kappa shape index (κ2) is 7.85. The van der Waals surface area contributed by atoms with E-state index in [2.05, 4.69) is 51.2 Å². The van der Waals surface area contributed by atoms with E-state index < -0.39 is 0 Å². The molecule has 3 aromatic rings. The minimum Gasteiger partial charge on any atom is -0.454 e. The van der Waals surface area contributed by atoms with Gasteiger partial charge in [-0.15, -0.1) is 10.2 Å². The van der Waals surface area contributed by atoms with Gasteiger partial charge in [0.15, 0.2) is 11.5 Å². The number of hydrogen-bond donors (Lipinski definition) is 0. The van der Waals surface area contributed by atoms with E-state index in [9.17, 15) is 0 Å². The molecule has 7 heteroatoms. The Balaban J connectivity index is 1.14. The fourth-order valence-electron chi connectivity index (χ4n) is 3.72. The molecule has 0 spiro atoms. The van der Waals surface area contributed by atoms with Gasteiger partial charge in [-0.05, 0) is 36.8 Å². The smallest absolute Gasteiger partial charge is 0.247 e. The molecule has 0 aliphatic carbocycles. The van der Waals surface area contributed by atoms with Crippen LogP contribution in [0.5, 0.6) is 11.5 Å². The molecule has 0 N–H and O–H groups in total. The third kappa shape index (κ3) is 4.11. The number of ether oxygens (including phenoxy) is 2. The van der Waals surface area contributed by atoms with Gasteiger partial charge in [-0.25, -0.2) is 0 Å². The maximum absolute atomic E-state index is 5.87. The van der Waals surface area contributed by atoms with Crippen molar-refractivity contribution in [1.82, 2.24) is 20.0 Å². The Morgan fingerprint density at radius 2 is 1.55 bits per heavy atom.